The number of likely N-dealkylation sites (N-methyl/N-ethyl adjacent to an activating group) is 1. The summed E-state index contributed by atoms with van der Waals surface area (Å²) >= 11 is 0. The third-order valence-electron chi connectivity index (χ3n) is 7.12. The van der Waals surface area contributed by atoms with E-state index in [0.29, 0.717) is 5.82 Å². The molecular formula is C25H31N7O2. The summed E-state index contributed by atoms with van der Waals surface area (Å²) in [6.45, 7) is 3.48. The van der Waals surface area contributed by atoms with Crippen LogP contribution in [0.5, 0.6) is 0 Å². The largest absolute Gasteiger partial charge is 0.340 e. The van der Waals surface area contributed by atoms with Crippen molar-refractivity contribution in [2.45, 2.75) is 25.7 Å². The molecule has 5 rings (SSSR count). The molecule has 0 atom stereocenters. The first-order valence-corrected chi connectivity index (χ1v) is 12.0. The molecule has 1 aliphatic carbocycles. The zero-order chi connectivity index (χ0) is 23.7. The van der Waals surface area contributed by atoms with Crippen LogP contribution in [0.4, 0.5) is 5.82 Å². The minimum atomic E-state index is -0.0890. The normalized spacial score (nSPS) is 21.5. The number of hydrogen-bond donors (Lipinski definition) is 1. The highest BCUT2D eigenvalue weighted by atomic mass is 16.2. The van der Waals surface area contributed by atoms with Crippen LogP contribution in [0.15, 0.2) is 36.9 Å². The number of carbonyl (C=O) groups excluding carboxylic acids is 2. The first-order valence-electron chi connectivity index (χ1n) is 12.0. The summed E-state index contributed by atoms with van der Waals surface area (Å²) in [6.07, 6.45) is 10.2. The van der Waals surface area contributed by atoms with Crippen LogP contribution in [0.1, 0.15) is 25.7 Å². The number of hydrogen-bond acceptors (Lipinski definition) is 6. The molecule has 1 saturated heterocycles. The molecule has 3 aromatic heterocycles. The van der Waals surface area contributed by atoms with Crippen LogP contribution in [0, 0.1) is 11.8 Å². The van der Waals surface area contributed by atoms with Gasteiger partial charge in [-0.3, -0.25) is 19.3 Å². The first kappa shape index (κ1) is 22.5. The van der Waals surface area contributed by atoms with E-state index in [1.54, 1.807) is 23.3 Å². The Morgan fingerprint density at radius 3 is 2.32 bits per heavy atom. The molecule has 2 fully saturated rings. The van der Waals surface area contributed by atoms with Crippen LogP contribution < -0.4 is 5.32 Å². The number of aromatic nitrogens is 4. The van der Waals surface area contributed by atoms with E-state index in [9.17, 15) is 9.59 Å². The fourth-order valence-electron chi connectivity index (χ4n) is 4.94. The molecule has 3 aromatic rings. The quantitative estimate of drug-likeness (QED) is 0.642. The van der Waals surface area contributed by atoms with Gasteiger partial charge in [-0.15, -0.1) is 0 Å². The molecule has 9 nitrogen and oxygen atoms in total. The molecule has 0 spiro atoms. The summed E-state index contributed by atoms with van der Waals surface area (Å²) in [6, 6.07) is 3.90. The number of amides is 2. The van der Waals surface area contributed by atoms with E-state index < -0.39 is 0 Å². The highest BCUT2D eigenvalue weighted by Crippen LogP contribution is 2.31. The molecule has 0 aromatic carbocycles. The zero-order valence-corrected chi connectivity index (χ0v) is 19.8. The van der Waals surface area contributed by atoms with Crippen LogP contribution in [-0.4, -0.2) is 74.6 Å². The first-order chi connectivity index (χ1) is 16.5. The predicted octanol–water partition coefficient (Wildman–Crippen LogP) is 2.55. The Balaban J connectivity index is 1.20. The van der Waals surface area contributed by atoms with Gasteiger partial charge in [0.2, 0.25) is 11.8 Å². The lowest BCUT2D eigenvalue weighted by Gasteiger charge is -2.36. The summed E-state index contributed by atoms with van der Waals surface area (Å²) in [5.74, 6) is 0.726. The van der Waals surface area contributed by atoms with E-state index in [2.05, 4.69) is 32.3 Å². The smallest absolute Gasteiger partial charge is 0.228 e. The molecule has 9 heteroatoms. The third-order valence-corrected chi connectivity index (χ3v) is 7.12. The predicted molar refractivity (Wildman–Crippen MR) is 130 cm³/mol. The Morgan fingerprint density at radius 2 is 1.62 bits per heavy atom. The number of rotatable bonds is 4. The van der Waals surface area contributed by atoms with Crippen molar-refractivity contribution in [2.75, 3.05) is 38.5 Å². The van der Waals surface area contributed by atoms with Crippen molar-refractivity contribution < 1.29 is 9.59 Å². The van der Waals surface area contributed by atoms with Gasteiger partial charge in [0.25, 0.3) is 0 Å². The Labute approximate surface area is 199 Å². The topological polar surface area (TPSA) is 96.2 Å². The van der Waals surface area contributed by atoms with Gasteiger partial charge in [-0.05, 0) is 44.9 Å². The molecule has 34 heavy (non-hydrogen) atoms. The minimum Gasteiger partial charge on any atom is -0.340 e. The van der Waals surface area contributed by atoms with Crippen LogP contribution >= 0.6 is 0 Å². The zero-order valence-electron chi connectivity index (χ0n) is 19.8. The number of pyridine rings is 2. The lowest BCUT2D eigenvalue weighted by molar-refractivity contribution is -0.139. The van der Waals surface area contributed by atoms with Crippen molar-refractivity contribution in [3.63, 3.8) is 0 Å². The Bertz CT molecular complexity index is 1190. The summed E-state index contributed by atoms with van der Waals surface area (Å²) < 4.78 is 1.76. The van der Waals surface area contributed by atoms with Crippen molar-refractivity contribution in [3.05, 3.63) is 36.9 Å². The van der Waals surface area contributed by atoms with Gasteiger partial charge in [-0.1, -0.05) is 0 Å². The van der Waals surface area contributed by atoms with Gasteiger partial charge in [0, 0.05) is 74.0 Å². The maximum atomic E-state index is 12.9. The van der Waals surface area contributed by atoms with Gasteiger partial charge in [-0.25, -0.2) is 4.98 Å². The Morgan fingerprint density at radius 1 is 0.882 bits per heavy atom. The van der Waals surface area contributed by atoms with Gasteiger partial charge in [-0.2, -0.15) is 5.10 Å². The van der Waals surface area contributed by atoms with E-state index in [4.69, 9.17) is 0 Å². The molecule has 0 radical (unpaired) electrons. The molecule has 1 saturated carbocycles. The van der Waals surface area contributed by atoms with Crippen molar-refractivity contribution in [3.8, 4) is 11.1 Å². The fraction of sp³-hybridized carbons (Fsp3) is 0.480. The lowest BCUT2D eigenvalue weighted by Crippen LogP contribution is -2.49. The molecule has 178 valence electrons. The number of fused-ring (bicyclic) bond motifs is 1. The van der Waals surface area contributed by atoms with Crippen molar-refractivity contribution in [1.29, 1.82) is 0 Å². The SMILES string of the molecule is CN1CCN(C(=O)C2CCC(C(=O)Nc3cc4cc(-c5cnn(C)c5)cnc4cn3)CC2)CC1. The molecule has 0 bridgehead atoms. The average molecular weight is 462 g/mol. The van der Waals surface area contributed by atoms with E-state index in [1.165, 1.54) is 0 Å². The molecule has 1 aliphatic heterocycles. The Kier molecular flexibility index (Phi) is 6.28. The van der Waals surface area contributed by atoms with Crippen molar-refractivity contribution >= 4 is 28.5 Å². The Hall–Kier alpha value is -3.33. The maximum Gasteiger partial charge on any atom is 0.228 e. The molecular weight excluding hydrogens is 430 g/mol. The number of piperazine rings is 1. The second-order valence-electron chi connectivity index (χ2n) is 9.56. The summed E-state index contributed by atoms with van der Waals surface area (Å²) in [4.78, 5) is 38.9. The summed E-state index contributed by atoms with van der Waals surface area (Å²) in [5.41, 5.74) is 2.73. The van der Waals surface area contributed by atoms with Gasteiger partial charge >= 0.3 is 0 Å². The van der Waals surface area contributed by atoms with Gasteiger partial charge < -0.3 is 15.1 Å². The van der Waals surface area contributed by atoms with E-state index >= 15 is 0 Å². The number of aryl methyl sites for hydroxylation is 1. The lowest BCUT2D eigenvalue weighted by atomic mass is 9.81. The molecule has 0 unspecified atom stereocenters. The van der Waals surface area contributed by atoms with Crippen LogP contribution in [0.3, 0.4) is 0 Å². The summed E-state index contributed by atoms with van der Waals surface area (Å²) in [5, 5.41) is 8.12. The molecule has 1 N–H and O–H groups in total. The second-order valence-corrected chi connectivity index (χ2v) is 9.56. The highest BCUT2D eigenvalue weighted by Gasteiger charge is 2.33. The molecule has 2 amide bonds. The standard InChI is InChI=1S/C25H31N7O2/c1-30-7-9-32(10-8-30)25(34)18-5-3-17(4-6-18)24(33)29-23-12-19-11-20(13-26-22(19)15-27-23)21-14-28-31(2)16-21/h11-18H,3-10H2,1-2H3,(H,27,29,33). The maximum absolute atomic E-state index is 12.9. The van der Waals surface area contributed by atoms with Gasteiger partial charge in [0.05, 0.1) is 17.9 Å². The van der Waals surface area contributed by atoms with Crippen LogP contribution in [0.2, 0.25) is 0 Å². The number of carbonyl (C=O) groups is 2. The van der Waals surface area contributed by atoms with Crippen LogP contribution in [-0.2, 0) is 16.6 Å². The number of nitrogens with zero attached hydrogens (tertiary/aromatic N) is 6. The number of nitrogens with one attached hydrogen (secondary N) is 1. The fourth-order valence-corrected chi connectivity index (χ4v) is 4.94. The average Bonchev–Trinajstić information content (AvgIpc) is 3.30. The van der Waals surface area contributed by atoms with Crippen LogP contribution in [0.25, 0.3) is 22.0 Å². The number of anilines is 1. The van der Waals surface area contributed by atoms with E-state index in [-0.39, 0.29) is 23.7 Å². The summed E-state index contributed by atoms with van der Waals surface area (Å²) in [7, 11) is 3.97. The minimum absolute atomic E-state index is 0.0197. The molecule has 4 heterocycles. The monoisotopic (exact) mass is 461 g/mol. The van der Waals surface area contributed by atoms with Crippen molar-refractivity contribution in [1.82, 2.24) is 29.5 Å². The van der Waals surface area contributed by atoms with E-state index in [0.717, 1.165) is 73.9 Å². The van der Waals surface area contributed by atoms with Gasteiger partial charge in [0.1, 0.15) is 5.82 Å². The van der Waals surface area contributed by atoms with Crippen molar-refractivity contribution in [2.24, 2.45) is 18.9 Å². The van der Waals surface area contributed by atoms with Gasteiger partial charge in [0.15, 0.2) is 0 Å². The second kappa shape index (κ2) is 9.50. The molecule has 2 aliphatic rings. The van der Waals surface area contributed by atoms with E-state index in [1.807, 2.05) is 30.3 Å². The third kappa shape index (κ3) is 4.79. The highest BCUT2D eigenvalue weighted by molar-refractivity contribution is 5.94.